The second-order valence-corrected chi connectivity index (χ2v) is 7.09. The number of ether oxygens (including phenoxy) is 2. The van der Waals surface area contributed by atoms with Gasteiger partial charge in [-0.15, -0.1) is 0 Å². The van der Waals surface area contributed by atoms with Crippen molar-refractivity contribution in [3.05, 3.63) is 66.5 Å². The number of hydrogen-bond acceptors (Lipinski definition) is 7. The van der Waals surface area contributed by atoms with Crippen molar-refractivity contribution in [2.75, 3.05) is 19.1 Å². The number of benzene rings is 2. The van der Waals surface area contributed by atoms with Crippen LogP contribution >= 0.6 is 11.8 Å². The number of anilines is 1. The molecule has 1 atom stereocenters. The number of hydrogen-bond donors (Lipinski definition) is 1. The van der Waals surface area contributed by atoms with E-state index in [-0.39, 0.29) is 5.91 Å². The molecule has 0 spiro atoms. The SMILES string of the molecule is COc1cccc(CSC2=NNC3C(=O)N(c4ccccc4OC)C=CN23)c1. The number of amides is 1. The molecule has 2 aliphatic rings. The second kappa shape index (κ2) is 7.85. The van der Waals surface area contributed by atoms with Crippen LogP contribution in [0.4, 0.5) is 5.69 Å². The van der Waals surface area contributed by atoms with Gasteiger partial charge in [0.25, 0.3) is 5.91 Å². The highest BCUT2D eigenvalue weighted by molar-refractivity contribution is 8.13. The Kier molecular flexibility index (Phi) is 5.12. The highest BCUT2D eigenvalue weighted by Crippen LogP contribution is 2.32. The Bertz CT molecular complexity index is 947. The van der Waals surface area contributed by atoms with Gasteiger partial charge in [0.15, 0.2) is 5.17 Å². The number of amidine groups is 1. The Morgan fingerprint density at radius 2 is 1.96 bits per heavy atom. The molecule has 0 aliphatic carbocycles. The summed E-state index contributed by atoms with van der Waals surface area (Å²) in [5.41, 5.74) is 4.76. The number of nitrogens with one attached hydrogen (secondary N) is 1. The van der Waals surface area contributed by atoms with Gasteiger partial charge in [-0.1, -0.05) is 36.0 Å². The van der Waals surface area contributed by atoms with Gasteiger partial charge in [0.1, 0.15) is 11.5 Å². The largest absolute Gasteiger partial charge is 0.497 e. The minimum absolute atomic E-state index is 0.118. The lowest BCUT2D eigenvalue weighted by atomic mass is 10.2. The van der Waals surface area contributed by atoms with Crippen molar-refractivity contribution >= 4 is 28.5 Å². The van der Waals surface area contributed by atoms with Gasteiger partial charge in [-0.2, -0.15) is 5.10 Å². The maximum absolute atomic E-state index is 13.0. The summed E-state index contributed by atoms with van der Waals surface area (Å²) in [6.45, 7) is 0. The van der Waals surface area contributed by atoms with E-state index in [1.54, 1.807) is 37.1 Å². The van der Waals surface area contributed by atoms with Crippen LogP contribution in [0.2, 0.25) is 0 Å². The first kappa shape index (κ1) is 18.2. The number of thioether (sulfide) groups is 1. The summed E-state index contributed by atoms with van der Waals surface area (Å²) in [6.07, 6.45) is 3.03. The second-order valence-electron chi connectivity index (χ2n) is 6.15. The summed E-state index contributed by atoms with van der Waals surface area (Å²) in [4.78, 5) is 16.4. The highest BCUT2D eigenvalue weighted by Gasteiger charge is 2.38. The van der Waals surface area contributed by atoms with Crippen LogP contribution in [0.3, 0.4) is 0 Å². The third kappa shape index (κ3) is 3.38. The number of nitrogens with zero attached hydrogens (tertiary/aromatic N) is 3. The highest BCUT2D eigenvalue weighted by atomic mass is 32.2. The van der Waals surface area contributed by atoms with Crippen molar-refractivity contribution in [2.24, 2.45) is 5.10 Å². The predicted octanol–water partition coefficient (Wildman–Crippen LogP) is 2.96. The van der Waals surface area contributed by atoms with Crippen molar-refractivity contribution in [1.29, 1.82) is 0 Å². The van der Waals surface area contributed by atoms with Crippen LogP contribution in [0.15, 0.2) is 66.0 Å². The van der Waals surface area contributed by atoms with E-state index < -0.39 is 6.17 Å². The Morgan fingerprint density at radius 1 is 1.11 bits per heavy atom. The first-order valence-electron chi connectivity index (χ1n) is 8.73. The van der Waals surface area contributed by atoms with Gasteiger partial charge in [0.2, 0.25) is 6.17 Å². The molecule has 0 saturated carbocycles. The Labute approximate surface area is 167 Å². The van der Waals surface area contributed by atoms with Crippen molar-refractivity contribution in [3.8, 4) is 11.5 Å². The molecule has 1 amide bonds. The molecule has 28 heavy (non-hydrogen) atoms. The number of para-hydroxylation sites is 2. The van der Waals surface area contributed by atoms with Gasteiger partial charge < -0.3 is 9.47 Å². The fraction of sp³-hybridized carbons (Fsp3) is 0.200. The molecule has 1 unspecified atom stereocenters. The molecule has 0 aromatic heterocycles. The molecular weight excluding hydrogens is 376 g/mol. The van der Waals surface area contributed by atoms with Crippen molar-refractivity contribution in [1.82, 2.24) is 10.3 Å². The van der Waals surface area contributed by atoms with E-state index in [1.165, 1.54) is 0 Å². The molecule has 0 fully saturated rings. The minimum atomic E-state index is -0.567. The zero-order valence-corrected chi connectivity index (χ0v) is 16.3. The summed E-state index contributed by atoms with van der Waals surface area (Å²) in [5.74, 6) is 2.07. The molecule has 2 aromatic carbocycles. The molecule has 2 aromatic rings. The average Bonchev–Trinajstić information content (AvgIpc) is 3.16. The molecule has 7 nitrogen and oxygen atoms in total. The minimum Gasteiger partial charge on any atom is -0.497 e. The van der Waals surface area contributed by atoms with Crippen LogP contribution < -0.4 is 19.8 Å². The number of hydrazone groups is 1. The van der Waals surface area contributed by atoms with Crippen LogP contribution in [0.25, 0.3) is 0 Å². The molecule has 0 radical (unpaired) electrons. The molecule has 8 heteroatoms. The Balaban J connectivity index is 1.48. The topological polar surface area (TPSA) is 66.4 Å². The lowest BCUT2D eigenvalue weighted by molar-refractivity contribution is -0.122. The fourth-order valence-corrected chi connectivity index (χ4v) is 3.97. The van der Waals surface area contributed by atoms with Crippen molar-refractivity contribution < 1.29 is 14.3 Å². The first-order chi connectivity index (χ1) is 13.7. The molecule has 144 valence electrons. The summed E-state index contributed by atoms with van der Waals surface area (Å²) >= 11 is 1.56. The van der Waals surface area contributed by atoms with Crippen LogP contribution in [0.5, 0.6) is 11.5 Å². The normalized spacial score (nSPS) is 17.9. The monoisotopic (exact) mass is 396 g/mol. The summed E-state index contributed by atoms with van der Waals surface area (Å²) in [6, 6.07) is 15.3. The Morgan fingerprint density at radius 3 is 2.79 bits per heavy atom. The standard InChI is InChI=1S/C20H20N4O3S/c1-26-15-7-5-6-14(12-15)13-28-20-22-21-18-19(25)23(10-11-24(18)20)16-8-3-4-9-17(16)27-2/h3-12,18,21H,13H2,1-2H3. The van der Waals surface area contributed by atoms with Gasteiger partial charge in [-0.05, 0) is 29.8 Å². The molecule has 0 saturated heterocycles. The first-order valence-corrected chi connectivity index (χ1v) is 9.71. The smallest absolute Gasteiger partial charge is 0.276 e. The molecule has 2 heterocycles. The van der Waals surface area contributed by atoms with Gasteiger partial charge in [0.05, 0.1) is 19.9 Å². The number of carbonyl (C=O) groups is 1. The molecular formula is C20H20N4O3S. The predicted molar refractivity (Wildman–Crippen MR) is 110 cm³/mol. The van der Waals surface area contributed by atoms with Gasteiger partial charge in [-0.25, -0.2) is 0 Å². The van der Waals surface area contributed by atoms with Crippen LogP contribution in [0, 0.1) is 0 Å². The van der Waals surface area contributed by atoms with Crippen molar-refractivity contribution in [3.63, 3.8) is 0 Å². The molecule has 4 rings (SSSR count). The number of rotatable bonds is 5. The third-order valence-corrected chi connectivity index (χ3v) is 5.51. The zero-order valence-electron chi connectivity index (χ0n) is 15.5. The summed E-state index contributed by atoms with van der Waals surface area (Å²) in [7, 11) is 3.24. The van der Waals surface area contributed by atoms with Gasteiger partial charge >= 0.3 is 0 Å². The Hall–Kier alpha value is -3.13. The van der Waals surface area contributed by atoms with Crippen LogP contribution in [0.1, 0.15) is 5.56 Å². The average molecular weight is 396 g/mol. The summed E-state index contributed by atoms with van der Waals surface area (Å²) in [5, 5.41) is 5.10. The maximum Gasteiger partial charge on any atom is 0.276 e. The number of fused-ring (bicyclic) bond motifs is 1. The van der Waals surface area contributed by atoms with E-state index in [4.69, 9.17) is 9.47 Å². The van der Waals surface area contributed by atoms with Gasteiger partial charge in [-0.3, -0.25) is 20.0 Å². The van der Waals surface area contributed by atoms with E-state index in [0.717, 1.165) is 22.2 Å². The van der Waals surface area contributed by atoms with E-state index in [9.17, 15) is 4.79 Å². The molecule has 0 bridgehead atoms. The fourth-order valence-electron chi connectivity index (χ4n) is 3.06. The zero-order chi connectivity index (χ0) is 19.5. The van der Waals surface area contributed by atoms with Crippen LogP contribution in [-0.2, 0) is 10.5 Å². The van der Waals surface area contributed by atoms with E-state index in [2.05, 4.69) is 10.5 Å². The van der Waals surface area contributed by atoms with Gasteiger partial charge in [0, 0.05) is 18.2 Å². The molecule has 2 aliphatic heterocycles. The quantitative estimate of drug-likeness (QED) is 0.838. The van der Waals surface area contributed by atoms with E-state index >= 15 is 0 Å². The maximum atomic E-state index is 13.0. The third-order valence-electron chi connectivity index (χ3n) is 4.48. The lowest BCUT2D eigenvalue weighted by Gasteiger charge is -2.32. The van der Waals surface area contributed by atoms with E-state index in [1.807, 2.05) is 59.6 Å². The number of carbonyl (C=O) groups excluding carboxylic acids is 1. The van der Waals surface area contributed by atoms with Crippen molar-refractivity contribution in [2.45, 2.75) is 11.9 Å². The van der Waals surface area contributed by atoms with E-state index in [0.29, 0.717) is 11.4 Å². The molecule has 1 N–H and O–H groups in total. The lowest BCUT2D eigenvalue weighted by Crippen LogP contribution is -2.52. The summed E-state index contributed by atoms with van der Waals surface area (Å²) < 4.78 is 10.6. The van der Waals surface area contributed by atoms with Crippen LogP contribution in [-0.4, -0.2) is 36.4 Å². The number of methoxy groups -OCH3 is 2.